The molecule has 3 aromatic rings. The van der Waals surface area contributed by atoms with E-state index in [4.69, 9.17) is 5.11 Å². The molecule has 4 rings (SSSR count). The number of nitrogens with zero attached hydrogens (tertiary/aromatic N) is 3. The number of hydrogen-bond donors (Lipinski definition) is 4. The Balaban J connectivity index is 1.42. The Morgan fingerprint density at radius 2 is 2.07 bits per heavy atom. The Hall–Kier alpha value is -3.46. The average molecular weight is 395 g/mol. The summed E-state index contributed by atoms with van der Waals surface area (Å²) in [6, 6.07) is 6.87. The molecule has 4 N–H and O–H groups in total. The highest BCUT2D eigenvalue weighted by molar-refractivity contribution is 6.01. The SMILES string of the molecule is O=C(O)c1cnn(CC2C[C@@H](O)[C@H](NC(=O)c3ccccc3-c3cn[nH]c3)C2)c1. The molecule has 0 bridgehead atoms. The summed E-state index contributed by atoms with van der Waals surface area (Å²) in [5, 5.41) is 33.1. The van der Waals surface area contributed by atoms with Crippen LogP contribution in [0, 0.1) is 5.92 Å². The summed E-state index contributed by atoms with van der Waals surface area (Å²) in [5.74, 6) is -1.19. The van der Waals surface area contributed by atoms with Crippen molar-refractivity contribution in [3.63, 3.8) is 0 Å². The molecule has 1 amide bonds. The van der Waals surface area contributed by atoms with E-state index in [-0.39, 0.29) is 23.4 Å². The van der Waals surface area contributed by atoms with Gasteiger partial charge < -0.3 is 15.5 Å². The second kappa shape index (κ2) is 7.88. The number of amides is 1. The summed E-state index contributed by atoms with van der Waals surface area (Å²) in [6.07, 6.45) is 6.59. The van der Waals surface area contributed by atoms with Gasteiger partial charge in [0, 0.05) is 30.1 Å². The number of rotatable bonds is 6. The van der Waals surface area contributed by atoms with Gasteiger partial charge in [-0.15, -0.1) is 0 Å². The molecule has 2 aromatic heterocycles. The molecule has 29 heavy (non-hydrogen) atoms. The van der Waals surface area contributed by atoms with Crippen molar-refractivity contribution in [1.29, 1.82) is 0 Å². The Morgan fingerprint density at radius 1 is 1.24 bits per heavy atom. The van der Waals surface area contributed by atoms with E-state index in [0.717, 1.165) is 11.1 Å². The van der Waals surface area contributed by atoms with Crippen LogP contribution in [0.3, 0.4) is 0 Å². The summed E-state index contributed by atoms with van der Waals surface area (Å²) >= 11 is 0. The Bertz CT molecular complexity index is 1010. The lowest BCUT2D eigenvalue weighted by atomic mass is 10.0. The number of carboxylic acid groups (broad SMARTS) is 1. The molecule has 1 aromatic carbocycles. The first-order valence-electron chi connectivity index (χ1n) is 9.34. The number of aliphatic hydroxyl groups is 1. The predicted molar refractivity (Wildman–Crippen MR) is 103 cm³/mol. The molecule has 1 unspecified atom stereocenters. The largest absolute Gasteiger partial charge is 0.478 e. The number of hydrogen-bond acceptors (Lipinski definition) is 5. The molecule has 1 aliphatic carbocycles. The quantitative estimate of drug-likeness (QED) is 0.500. The zero-order valence-corrected chi connectivity index (χ0v) is 15.5. The molecule has 1 saturated carbocycles. The van der Waals surface area contributed by atoms with Crippen molar-refractivity contribution in [3.05, 3.63) is 60.2 Å². The highest BCUT2D eigenvalue weighted by atomic mass is 16.4. The van der Waals surface area contributed by atoms with Gasteiger partial charge in [-0.3, -0.25) is 14.6 Å². The number of nitrogens with one attached hydrogen (secondary N) is 2. The Morgan fingerprint density at radius 3 is 2.79 bits per heavy atom. The predicted octanol–water partition coefficient (Wildman–Crippen LogP) is 1.54. The van der Waals surface area contributed by atoms with Crippen molar-refractivity contribution in [3.8, 4) is 11.1 Å². The van der Waals surface area contributed by atoms with E-state index in [9.17, 15) is 14.7 Å². The van der Waals surface area contributed by atoms with Gasteiger partial charge in [0.15, 0.2) is 0 Å². The van der Waals surface area contributed by atoms with Gasteiger partial charge in [0.2, 0.25) is 0 Å². The summed E-state index contributed by atoms with van der Waals surface area (Å²) in [6.45, 7) is 0.488. The molecule has 1 aliphatic rings. The van der Waals surface area contributed by atoms with E-state index in [1.807, 2.05) is 12.1 Å². The minimum Gasteiger partial charge on any atom is -0.478 e. The second-order valence-electron chi connectivity index (χ2n) is 7.27. The number of aromatic nitrogens is 4. The van der Waals surface area contributed by atoms with Crippen molar-refractivity contribution in [2.45, 2.75) is 31.5 Å². The van der Waals surface area contributed by atoms with Crippen LogP contribution in [0.25, 0.3) is 11.1 Å². The minimum atomic E-state index is -1.02. The van der Waals surface area contributed by atoms with Crippen LogP contribution in [0.15, 0.2) is 49.1 Å². The maximum Gasteiger partial charge on any atom is 0.338 e. The number of aromatic carboxylic acids is 1. The van der Waals surface area contributed by atoms with E-state index in [2.05, 4.69) is 20.6 Å². The van der Waals surface area contributed by atoms with E-state index in [0.29, 0.717) is 24.9 Å². The van der Waals surface area contributed by atoms with Crippen molar-refractivity contribution >= 4 is 11.9 Å². The van der Waals surface area contributed by atoms with Gasteiger partial charge in [0.1, 0.15) is 0 Å². The molecular weight excluding hydrogens is 374 g/mol. The van der Waals surface area contributed by atoms with Gasteiger partial charge in [-0.1, -0.05) is 18.2 Å². The van der Waals surface area contributed by atoms with E-state index < -0.39 is 12.1 Å². The van der Waals surface area contributed by atoms with Gasteiger partial charge in [-0.25, -0.2) is 4.79 Å². The molecule has 3 atom stereocenters. The van der Waals surface area contributed by atoms with Crippen LogP contribution in [-0.4, -0.2) is 54.2 Å². The Labute approximate surface area is 166 Å². The first kappa shape index (κ1) is 18.9. The van der Waals surface area contributed by atoms with Crippen molar-refractivity contribution in [2.24, 2.45) is 5.92 Å². The number of carboxylic acids is 1. The molecule has 0 aliphatic heterocycles. The number of aliphatic hydroxyl groups excluding tert-OH is 1. The van der Waals surface area contributed by atoms with Crippen LogP contribution in [0.1, 0.15) is 33.6 Å². The molecule has 0 spiro atoms. The second-order valence-corrected chi connectivity index (χ2v) is 7.27. The third kappa shape index (κ3) is 4.04. The molecule has 2 heterocycles. The minimum absolute atomic E-state index is 0.0842. The normalized spacial score (nSPS) is 21.2. The van der Waals surface area contributed by atoms with E-state index in [1.54, 1.807) is 29.2 Å². The third-order valence-corrected chi connectivity index (χ3v) is 5.25. The zero-order chi connectivity index (χ0) is 20.4. The first-order valence-corrected chi connectivity index (χ1v) is 9.34. The number of H-pyrrole nitrogens is 1. The smallest absolute Gasteiger partial charge is 0.338 e. The number of carbonyl (C=O) groups is 2. The average Bonchev–Trinajstić information content (AvgIpc) is 3.44. The van der Waals surface area contributed by atoms with Gasteiger partial charge in [-0.2, -0.15) is 10.2 Å². The molecule has 1 fully saturated rings. The molecule has 150 valence electrons. The van der Waals surface area contributed by atoms with Crippen LogP contribution >= 0.6 is 0 Å². The summed E-state index contributed by atoms with van der Waals surface area (Å²) in [4.78, 5) is 23.8. The van der Waals surface area contributed by atoms with Crippen molar-refractivity contribution in [1.82, 2.24) is 25.3 Å². The summed E-state index contributed by atoms with van der Waals surface area (Å²) < 4.78 is 1.57. The van der Waals surface area contributed by atoms with Crippen LogP contribution < -0.4 is 5.32 Å². The zero-order valence-electron chi connectivity index (χ0n) is 15.5. The van der Waals surface area contributed by atoms with Gasteiger partial charge in [0.25, 0.3) is 5.91 Å². The van der Waals surface area contributed by atoms with Crippen molar-refractivity contribution in [2.75, 3.05) is 0 Å². The summed E-state index contributed by atoms with van der Waals surface area (Å²) in [5.41, 5.74) is 2.22. The lowest BCUT2D eigenvalue weighted by Crippen LogP contribution is -2.40. The molecule has 9 nitrogen and oxygen atoms in total. The van der Waals surface area contributed by atoms with Crippen molar-refractivity contribution < 1.29 is 19.8 Å². The van der Waals surface area contributed by atoms with Crippen LogP contribution in [-0.2, 0) is 6.54 Å². The van der Waals surface area contributed by atoms with Crippen LogP contribution in [0.4, 0.5) is 0 Å². The monoisotopic (exact) mass is 395 g/mol. The standard InChI is InChI=1S/C20H21N5O4/c26-18-6-12(10-25-11-14(9-23-25)20(28)29)5-17(18)24-19(27)16-4-2-1-3-15(16)13-7-21-22-8-13/h1-4,7-9,11-12,17-18,26H,5-6,10H2,(H,21,22)(H,24,27)(H,28,29)/t12?,17-,18-/m1/s1. The highest BCUT2D eigenvalue weighted by Gasteiger charge is 2.34. The number of benzene rings is 1. The van der Waals surface area contributed by atoms with Crippen LogP contribution in [0.5, 0.6) is 0 Å². The molecular formula is C20H21N5O4. The third-order valence-electron chi connectivity index (χ3n) is 5.25. The van der Waals surface area contributed by atoms with Gasteiger partial charge in [-0.05, 0) is 30.4 Å². The van der Waals surface area contributed by atoms with E-state index >= 15 is 0 Å². The number of carbonyl (C=O) groups excluding carboxylic acids is 1. The fourth-order valence-electron chi connectivity index (χ4n) is 3.84. The fraction of sp³-hybridized carbons (Fsp3) is 0.300. The fourth-order valence-corrected chi connectivity index (χ4v) is 3.84. The highest BCUT2D eigenvalue weighted by Crippen LogP contribution is 2.29. The summed E-state index contributed by atoms with van der Waals surface area (Å²) in [7, 11) is 0. The molecule has 0 radical (unpaired) electrons. The molecule has 9 heteroatoms. The lowest BCUT2D eigenvalue weighted by Gasteiger charge is -2.17. The topological polar surface area (TPSA) is 133 Å². The van der Waals surface area contributed by atoms with Gasteiger partial charge in [0.05, 0.1) is 30.1 Å². The molecule has 0 saturated heterocycles. The number of aromatic amines is 1. The van der Waals surface area contributed by atoms with Crippen LogP contribution in [0.2, 0.25) is 0 Å². The lowest BCUT2D eigenvalue weighted by molar-refractivity contribution is 0.0696. The van der Waals surface area contributed by atoms with Gasteiger partial charge >= 0.3 is 5.97 Å². The van der Waals surface area contributed by atoms with E-state index in [1.165, 1.54) is 12.4 Å². The first-order chi connectivity index (χ1) is 14.0. The maximum absolute atomic E-state index is 12.9. The maximum atomic E-state index is 12.9. The Kier molecular flexibility index (Phi) is 5.13.